The molecule has 1 aliphatic carbocycles. The lowest BCUT2D eigenvalue weighted by atomic mass is 9.64. The second kappa shape index (κ2) is 3.17. The highest BCUT2D eigenvalue weighted by atomic mass is 16.4. The van der Waals surface area contributed by atoms with Gasteiger partial charge in [0.05, 0.1) is 5.92 Å². The van der Waals surface area contributed by atoms with Crippen LogP contribution >= 0.6 is 0 Å². The van der Waals surface area contributed by atoms with Gasteiger partial charge in [0.15, 0.2) is 0 Å². The third-order valence-corrected chi connectivity index (χ3v) is 3.55. The molecular weight excluding hydrogens is 164 g/mol. The Labute approximate surface area is 79.6 Å². The van der Waals surface area contributed by atoms with Crippen LogP contribution in [0.4, 0.5) is 0 Å². The highest BCUT2D eigenvalue weighted by Gasteiger charge is 2.38. The minimum atomic E-state index is -0.715. The van der Waals surface area contributed by atoms with Crippen molar-refractivity contribution in [1.82, 2.24) is 0 Å². The third kappa shape index (κ3) is 1.77. The zero-order valence-electron chi connectivity index (χ0n) is 8.63. The van der Waals surface area contributed by atoms with Crippen molar-refractivity contribution in [2.24, 2.45) is 17.3 Å². The molecule has 2 unspecified atom stereocenters. The number of carboxylic acid groups (broad SMARTS) is 1. The first-order chi connectivity index (χ1) is 5.86. The Bertz CT molecular complexity index is 240. The zero-order valence-corrected chi connectivity index (χ0v) is 8.63. The Balaban J connectivity index is 2.83. The van der Waals surface area contributed by atoms with E-state index in [-0.39, 0.29) is 11.3 Å². The lowest BCUT2D eigenvalue weighted by molar-refractivity contribution is -0.141. The highest BCUT2D eigenvalue weighted by Crippen LogP contribution is 2.45. The molecule has 1 rings (SSSR count). The first kappa shape index (κ1) is 10.3. The quantitative estimate of drug-likeness (QED) is 0.633. The zero-order chi connectivity index (χ0) is 10.2. The first-order valence-corrected chi connectivity index (χ1v) is 4.78. The summed E-state index contributed by atoms with van der Waals surface area (Å²) in [5, 5.41) is 8.94. The van der Waals surface area contributed by atoms with Crippen LogP contribution in [0.25, 0.3) is 0 Å². The summed E-state index contributed by atoms with van der Waals surface area (Å²) in [5.41, 5.74) is 1.10. The molecule has 1 fully saturated rings. The number of carbonyl (C=O) groups is 1. The predicted octanol–water partition coefficient (Wildman–Crippen LogP) is 2.70. The van der Waals surface area contributed by atoms with E-state index in [1.54, 1.807) is 0 Å². The Morgan fingerprint density at radius 2 is 2.15 bits per heavy atom. The molecule has 0 heterocycles. The fourth-order valence-corrected chi connectivity index (χ4v) is 2.00. The largest absolute Gasteiger partial charge is 0.481 e. The topological polar surface area (TPSA) is 37.3 Å². The van der Waals surface area contributed by atoms with Gasteiger partial charge in [0, 0.05) is 0 Å². The molecule has 0 aromatic heterocycles. The molecule has 74 valence electrons. The van der Waals surface area contributed by atoms with E-state index < -0.39 is 5.97 Å². The molecule has 2 heteroatoms. The van der Waals surface area contributed by atoms with Gasteiger partial charge in [-0.15, -0.1) is 0 Å². The van der Waals surface area contributed by atoms with Crippen molar-refractivity contribution in [2.75, 3.05) is 0 Å². The van der Waals surface area contributed by atoms with Crippen LogP contribution < -0.4 is 0 Å². The second-order valence-electron chi connectivity index (χ2n) is 4.71. The maximum absolute atomic E-state index is 10.9. The van der Waals surface area contributed by atoms with Crippen molar-refractivity contribution in [3.8, 4) is 0 Å². The van der Waals surface area contributed by atoms with Gasteiger partial charge >= 0.3 is 5.97 Å². The Morgan fingerprint density at radius 3 is 2.62 bits per heavy atom. The molecule has 2 nitrogen and oxygen atoms in total. The van der Waals surface area contributed by atoms with E-state index in [0.29, 0.717) is 5.92 Å². The van der Waals surface area contributed by atoms with Gasteiger partial charge in [0.1, 0.15) is 0 Å². The van der Waals surface area contributed by atoms with Gasteiger partial charge in [-0.1, -0.05) is 32.9 Å². The van der Waals surface area contributed by atoms with Gasteiger partial charge in [0.25, 0.3) is 0 Å². The van der Waals surface area contributed by atoms with Crippen LogP contribution in [0.15, 0.2) is 12.2 Å². The van der Waals surface area contributed by atoms with Gasteiger partial charge in [-0.3, -0.25) is 4.79 Å². The van der Waals surface area contributed by atoms with E-state index in [2.05, 4.69) is 27.4 Å². The molecule has 1 aliphatic rings. The summed E-state index contributed by atoms with van der Waals surface area (Å²) in [4.78, 5) is 10.9. The van der Waals surface area contributed by atoms with Crippen molar-refractivity contribution in [3.63, 3.8) is 0 Å². The second-order valence-corrected chi connectivity index (χ2v) is 4.71. The third-order valence-electron chi connectivity index (χ3n) is 3.55. The maximum atomic E-state index is 10.9. The summed E-state index contributed by atoms with van der Waals surface area (Å²) in [7, 11) is 0. The summed E-state index contributed by atoms with van der Waals surface area (Å²) in [6, 6.07) is 0. The molecule has 0 aromatic carbocycles. The van der Waals surface area contributed by atoms with Crippen molar-refractivity contribution in [1.29, 1.82) is 0 Å². The van der Waals surface area contributed by atoms with Crippen molar-refractivity contribution in [3.05, 3.63) is 12.2 Å². The first-order valence-electron chi connectivity index (χ1n) is 4.78. The molecule has 0 amide bonds. The lowest BCUT2D eigenvalue weighted by Crippen LogP contribution is -2.35. The number of rotatable bonds is 1. The van der Waals surface area contributed by atoms with Gasteiger partial charge in [-0.05, 0) is 24.2 Å². The van der Waals surface area contributed by atoms with Gasteiger partial charge in [-0.25, -0.2) is 0 Å². The van der Waals surface area contributed by atoms with E-state index >= 15 is 0 Å². The molecule has 0 radical (unpaired) electrons. The normalized spacial score (nSPS) is 33.0. The van der Waals surface area contributed by atoms with Crippen molar-refractivity contribution in [2.45, 2.75) is 33.6 Å². The molecule has 13 heavy (non-hydrogen) atoms. The molecule has 0 bridgehead atoms. The Morgan fingerprint density at radius 1 is 1.62 bits per heavy atom. The highest BCUT2D eigenvalue weighted by molar-refractivity contribution is 5.73. The number of aliphatic carboxylic acids is 1. The molecule has 0 aliphatic heterocycles. The summed E-state index contributed by atoms with van der Waals surface area (Å²) < 4.78 is 0. The molecule has 1 N–H and O–H groups in total. The smallest absolute Gasteiger partial charge is 0.310 e. The fraction of sp³-hybridized carbons (Fsp3) is 0.727. The SMILES string of the molecule is C=C1C(C(=O)O)CCC(C)(C)C1C. The Hall–Kier alpha value is -0.790. The predicted molar refractivity (Wildman–Crippen MR) is 52.4 cm³/mol. The molecule has 0 aromatic rings. The summed E-state index contributed by atoms with van der Waals surface area (Å²) in [6.45, 7) is 10.4. The van der Waals surface area contributed by atoms with Crippen LogP contribution in [0.2, 0.25) is 0 Å². The van der Waals surface area contributed by atoms with Gasteiger partial charge < -0.3 is 5.11 Å². The van der Waals surface area contributed by atoms with Crippen molar-refractivity contribution < 1.29 is 9.90 Å². The summed E-state index contributed by atoms with van der Waals surface area (Å²) in [5.74, 6) is -0.724. The van der Waals surface area contributed by atoms with E-state index in [1.807, 2.05) is 0 Å². The number of hydrogen-bond acceptors (Lipinski definition) is 1. The number of hydrogen-bond donors (Lipinski definition) is 1. The van der Waals surface area contributed by atoms with E-state index in [1.165, 1.54) is 0 Å². The number of carboxylic acids is 1. The summed E-state index contributed by atoms with van der Waals surface area (Å²) in [6.07, 6.45) is 1.72. The molecule has 1 saturated carbocycles. The molecule has 2 atom stereocenters. The van der Waals surface area contributed by atoms with Crippen LogP contribution in [0, 0.1) is 17.3 Å². The maximum Gasteiger partial charge on any atom is 0.310 e. The molecule has 0 spiro atoms. The van der Waals surface area contributed by atoms with E-state index in [4.69, 9.17) is 5.11 Å². The van der Waals surface area contributed by atoms with Gasteiger partial charge in [0.2, 0.25) is 0 Å². The monoisotopic (exact) mass is 182 g/mol. The van der Waals surface area contributed by atoms with E-state index in [9.17, 15) is 4.79 Å². The standard InChI is InChI=1S/C11H18O2/c1-7-8(2)11(3,4)6-5-9(7)10(12)13/h8-9H,1,5-6H2,2-4H3,(H,12,13). The van der Waals surface area contributed by atoms with Crippen molar-refractivity contribution >= 4 is 5.97 Å². The Kier molecular flexibility index (Phi) is 2.51. The van der Waals surface area contributed by atoms with Gasteiger partial charge in [-0.2, -0.15) is 0 Å². The molecule has 0 saturated heterocycles. The average molecular weight is 182 g/mol. The lowest BCUT2D eigenvalue weighted by Gasteiger charge is -2.40. The van der Waals surface area contributed by atoms with Crippen LogP contribution in [0.3, 0.4) is 0 Å². The fourth-order valence-electron chi connectivity index (χ4n) is 2.00. The van der Waals surface area contributed by atoms with E-state index in [0.717, 1.165) is 18.4 Å². The minimum absolute atomic E-state index is 0.211. The van der Waals surface area contributed by atoms with Crippen LogP contribution in [-0.2, 0) is 4.79 Å². The summed E-state index contributed by atoms with van der Waals surface area (Å²) >= 11 is 0. The minimum Gasteiger partial charge on any atom is -0.481 e. The molecular formula is C11H18O2. The average Bonchev–Trinajstić information content (AvgIpc) is 2.00. The van der Waals surface area contributed by atoms with Crippen LogP contribution in [-0.4, -0.2) is 11.1 Å². The van der Waals surface area contributed by atoms with Crippen LogP contribution in [0.5, 0.6) is 0 Å². The van der Waals surface area contributed by atoms with Crippen LogP contribution in [0.1, 0.15) is 33.6 Å².